The minimum atomic E-state index is -2.80. The van der Waals surface area contributed by atoms with Crippen LogP contribution >= 0.6 is 0 Å². The Labute approximate surface area is 183 Å². The summed E-state index contributed by atoms with van der Waals surface area (Å²) in [5, 5.41) is 12.5. The van der Waals surface area contributed by atoms with E-state index in [1.54, 1.807) is 0 Å². The number of aromatic nitrogens is 1. The number of carbonyl (C=O) groups excluding carboxylic acids is 2. The number of alkyl halides is 2. The van der Waals surface area contributed by atoms with Gasteiger partial charge in [0.05, 0.1) is 12.1 Å². The maximum atomic E-state index is 13.8. The maximum Gasteiger partial charge on any atom is 0.275 e. The number of pyridine rings is 1. The van der Waals surface area contributed by atoms with Crippen molar-refractivity contribution < 1.29 is 36.6 Å². The van der Waals surface area contributed by atoms with Gasteiger partial charge in [0.15, 0.2) is 11.4 Å². The van der Waals surface area contributed by atoms with Crippen LogP contribution < -0.4 is 10.7 Å². The van der Waals surface area contributed by atoms with Crippen molar-refractivity contribution in [2.75, 3.05) is 6.54 Å². The molecular formula is C21H18F5N3O4. The Bertz CT molecular complexity index is 1180. The molecule has 1 aromatic carbocycles. The molecule has 3 heterocycles. The molecule has 0 saturated carbocycles. The third-order valence-corrected chi connectivity index (χ3v) is 5.98. The van der Waals surface area contributed by atoms with Crippen LogP contribution in [0.25, 0.3) is 0 Å². The fourth-order valence-electron chi connectivity index (χ4n) is 4.32. The van der Waals surface area contributed by atoms with Gasteiger partial charge in [0.25, 0.3) is 18.2 Å². The molecule has 1 saturated heterocycles. The number of hydrogen-bond acceptors (Lipinski definition) is 4. The van der Waals surface area contributed by atoms with Crippen molar-refractivity contribution in [3.8, 4) is 5.75 Å². The first-order valence-electron chi connectivity index (χ1n) is 10.1. The molecule has 1 aromatic heterocycles. The molecule has 2 amide bonds. The van der Waals surface area contributed by atoms with E-state index >= 15 is 0 Å². The summed E-state index contributed by atoms with van der Waals surface area (Å²) in [5.41, 5.74) is -2.97. The molecule has 12 heteroatoms. The van der Waals surface area contributed by atoms with Gasteiger partial charge < -0.3 is 19.9 Å². The zero-order valence-corrected chi connectivity index (χ0v) is 17.0. The Morgan fingerprint density at radius 2 is 1.82 bits per heavy atom. The standard InChI is InChI=1S/C21H18F5N3O4/c22-9-4-13(23)11(14(24)5-9)6-27-20(32)12-8-28-10-2-1-3-15(19(25)26)29(7-10)21(33)16(28)18(31)17(12)30/h4-5,8,10,15,19,31H,1-3,6-7H2,(H,27,32)/t10-,15+/m0/s1. The zero-order valence-electron chi connectivity index (χ0n) is 17.0. The van der Waals surface area contributed by atoms with E-state index in [4.69, 9.17) is 0 Å². The molecule has 2 aliphatic rings. The zero-order chi connectivity index (χ0) is 24.0. The monoisotopic (exact) mass is 471 g/mol. The minimum absolute atomic E-state index is 0.0432. The normalized spacial score (nSPS) is 19.9. The minimum Gasteiger partial charge on any atom is -0.503 e. The van der Waals surface area contributed by atoms with E-state index in [1.165, 1.54) is 4.57 Å². The molecule has 0 aliphatic carbocycles. The molecule has 33 heavy (non-hydrogen) atoms. The molecule has 2 aromatic rings. The summed E-state index contributed by atoms with van der Waals surface area (Å²) in [4.78, 5) is 38.9. The fourth-order valence-corrected chi connectivity index (χ4v) is 4.32. The third-order valence-electron chi connectivity index (χ3n) is 5.98. The number of hydrogen-bond donors (Lipinski definition) is 2. The molecule has 1 fully saturated rings. The van der Waals surface area contributed by atoms with Gasteiger partial charge in [0.1, 0.15) is 23.0 Å². The molecule has 0 unspecified atom stereocenters. The van der Waals surface area contributed by atoms with E-state index in [1.807, 2.05) is 0 Å². The van der Waals surface area contributed by atoms with Gasteiger partial charge in [-0.1, -0.05) is 0 Å². The van der Waals surface area contributed by atoms with Gasteiger partial charge in [0, 0.05) is 37.0 Å². The van der Waals surface area contributed by atoms with E-state index in [2.05, 4.69) is 5.32 Å². The molecule has 2 aliphatic heterocycles. The van der Waals surface area contributed by atoms with Crippen LogP contribution in [0.5, 0.6) is 5.75 Å². The topological polar surface area (TPSA) is 91.6 Å². The number of benzene rings is 1. The predicted molar refractivity (Wildman–Crippen MR) is 104 cm³/mol. The van der Waals surface area contributed by atoms with Crippen molar-refractivity contribution in [1.29, 1.82) is 0 Å². The Morgan fingerprint density at radius 3 is 2.45 bits per heavy atom. The van der Waals surface area contributed by atoms with Gasteiger partial charge in [-0.15, -0.1) is 0 Å². The number of carbonyl (C=O) groups is 2. The van der Waals surface area contributed by atoms with Crippen LogP contribution in [0.2, 0.25) is 0 Å². The van der Waals surface area contributed by atoms with E-state index < -0.39 is 82.3 Å². The van der Waals surface area contributed by atoms with Gasteiger partial charge in [-0.25, -0.2) is 22.0 Å². The summed E-state index contributed by atoms with van der Waals surface area (Å²) >= 11 is 0. The van der Waals surface area contributed by atoms with Gasteiger partial charge in [-0.05, 0) is 19.3 Å². The second-order valence-electron chi connectivity index (χ2n) is 7.95. The largest absolute Gasteiger partial charge is 0.503 e. The lowest BCUT2D eigenvalue weighted by molar-refractivity contribution is 0.0138. The molecule has 0 spiro atoms. The molecule has 2 N–H and O–H groups in total. The van der Waals surface area contributed by atoms with Crippen molar-refractivity contribution in [1.82, 2.24) is 14.8 Å². The molecule has 4 rings (SSSR count). The van der Waals surface area contributed by atoms with Gasteiger partial charge in [-0.3, -0.25) is 14.4 Å². The summed E-state index contributed by atoms with van der Waals surface area (Å²) in [6.45, 7) is -0.804. The van der Waals surface area contributed by atoms with Crippen LogP contribution in [0.15, 0.2) is 23.1 Å². The van der Waals surface area contributed by atoms with Crippen molar-refractivity contribution in [3.63, 3.8) is 0 Å². The van der Waals surface area contributed by atoms with Crippen molar-refractivity contribution in [2.45, 2.75) is 44.3 Å². The first kappa shape index (κ1) is 22.7. The SMILES string of the molecule is O=C(NCc1c(F)cc(F)cc1F)c1cn2c(c(O)c1=O)C(=O)N1C[C@@H]2CCC[C@@H]1C(F)F. The van der Waals surface area contributed by atoms with E-state index in [-0.39, 0.29) is 13.0 Å². The lowest BCUT2D eigenvalue weighted by atomic mass is 10.1. The van der Waals surface area contributed by atoms with Crippen molar-refractivity contribution in [3.05, 3.63) is 62.8 Å². The average Bonchev–Trinajstić information content (AvgIpc) is 2.94. The number of aromatic hydroxyl groups is 1. The smallest absolute Gasteiger partial charge is 0.275 e. The third kappa shape index (κ3) is 3.93. The Hall–Kier alpha value is -3.44. The number of nitrogens with zero attached hydrogens (tertiary/aromatic N) is 2. The second kappa shape index (κ2) is 8.49. The van der Waals surface area contributed by atoms with Gasteiger partial charge in [-0.2, -0.15) is 0 Å². The van der Waals surface area contributed by atoms with Crippen LogP contribution in [0.1, 0.15) is 51.7 Å². The summed E-state index contributed by atoms with van der Waals surface area (Å²) in [6.07, 6.45) is -1.02. The molecule has 7 nitrogen and oxygen atoms in total. The first-order valence-corrected chi connectivity index (χ1v) is 10.1. The second-order valence-corrected chi connectivity index (χ2v) is 7.95. The Balaban J connectivity index is 1.67. The molecule has 176 valence electrons. The van der Waals surface area contributed by atoms with Gasteiger partial charge >= 0.3 is 0 Å². The molecular weight excluding hydrogens is 453 g/mol. The predicted octanol–water partition coefficient (Wildman–Crippen LogP) is 2.72. The summed E-state index contributed by atoms with van der Waals surface area (Å²) in [6, 6.07) is -1.05. The van der Waals surface area contributed by atoms with Crippen molar-refractivity contribution in [2.24, 2.45) is 0 Å². The summed E-state index contributed by atoms with van der Waals surface area (Å²) in [5.74, 6) is -6.74. The first-order chi connectivity index (χ1) is 15.6. The lowest BCUT2D eigenvalue weighted by Crippen LogP contribution is -2.50. The lowest BCUT2D eigenvalue weighted by Gasteiger charge is -2.37. The van der Waals surface area contributed by atoms with Crippen LogP contribution in [-0.4, -0.2) is 45.4 Å². The maximum absolute atomic E-state index is 13.8. The highest BCUT2D eigenvalue weighted by molar-refractivity contribution is 5.99. The molecule has 2 atom stereocenters. The Morgan fingerprint density at radius 1 is 1.15 bits per heavy atom. The number of halogens is 5. The summed E-state index contributed by atoms with van der Waals surface area (Å²) in [7, 11) is 0. The molecule has 0 radical (unpaired) electrons. The highest BCUT2D eigenvalue weighted by Gasteiger charge is 2.42. The Kier molecular flexibility index (Phi) is 5.85. The highest BCUT2D eigenvalue weighted by atomic mass is 19.3. The van der Waals surface area contributed by atoms with E-state index in [9.17, 15) is 41.4 Å². The van der Waals surface area contributed by atoms with Crippen LogP contribution in [-0.2, 0) is 6.54 Å². The van der Waals surface area contributed by atoms with Gasteiger partial charge in [0.2, 0.25) is 5.43 Å². The van der Waals surface area contributed by atoms with Crippen LogP contribution in [0.4, 0.5) is 22.0 Å². The quantitative estimate of drug-likeness (QED) is 0.671. The van der Waals surface area contributed by atoms with Crippen LogP contribution in [0.3, 0.4) is 0 Å². The number of nitrogens with one attached hydrogen (secondary N) is 1. The van der Waals surface area contributed by atoms with Crippen molar-refractivity contribution >= 4 is 11.8 Å². The number of amides is 2. The van der Waals surface area contributed by atoms with Crippen LogP contribution in [0, 0.1) is 17.5 Å². The number of fused-ring (bicyclic) bond motifs is 4. The molecule has 2 bridgehead atoms. The average molecular weight is 471 g/mol. The summed E-state index contributed by atoms with van der Waals surface area (Å²) < 4.78 is 68.8. The fraction of sp³-hybridized carbons (Fsp3) is 0.381. The number of rotatable bonds is 4. The van der Waals surface area contributed by atoms with E-state index in [0.717, 1.165) is 11.1 Å². The van der Waals surface area contributed by atoms with E-state index in [0.29, 0.717) is 25.0 Å². The highest BCUT2D eigenvalue weighted by Crippen LogP contribution is 2.35.